The summed E-state index contributed by atoms with van der Waals surface area (Å²) in [6.07, 6.45) is 9.21. The number of aliphatic hydroxyl groups excluding tert-OH is 1. The highest BCUT2D eigenvalue weighted by molar-refractivity contribution is 4.84. The van der Waals surface area contributed by atoms with Gasteiger partial charge in [0.1, 0.15) is 0 Å². The van der Waals surface area contributed by atoms with Gasteiger partial charge in [-0.1, -0.05) is 0 Å². The van der Waals surface area contributed by atoms with Crippen molar-refractivity contribution in [1.29, 1.82) is 0 Å². The zero-order chi connectivity index (χ0) is 8.81. The summed E-state index contributed by atoms with van der Waals surface area (Å²) in [7, 11) is 0. The Morgan fingerprint density at radius 1 is 1.58 bits per heavy atom. The predicted molar refractivity (Wildman–Crippen MR) is 49.7 cm³/mol. The quantitative estimate of drug-likeness (QED) is 0.452. The summed E-state index contributed by atoms with van der Waals surface area (Å²) in [4.78, 5) is 0. The van der Waals surface area contributed by atoms with Crippen LogP contribution >= 0.6 is 0 Å². The molecule has 1 unspecified atom stereocenters. The van der Waals surface area contributed by atoms with Crippen LogP contribution in [-0.2, 0) is 0 Å². The Hall–Kier alpha value is -0.520. The van der Waals surface area contributed by atoms with Gasteiger partial charge in [-0.15, -0.1) is 12.3 Å². The standard InChI is InChI=1S/C10H17NO/c1-2-3-4-7-11-8-10(12)9-5-6-9/h1,9-12H,3-8H2. The van der Waals surface area contributed by atoms with Crippen molar-refractivity contribution in [2.24, 2.45) is 5.92 Å². The maximum Gasteiger partial charge on any atom is 0.0692 e. The van der Waals surface area contributed by atoms with Crippen LogP contribution in [0.3, 0.4) is 0 Å². The van der Waals surface area contributed by atoms with Crippen molar-refractivity contribution < 1.29 is 5.11 Å². The SMILES string of the molecule is C#CCCCNCC(O)C1CC1. The van der Waals surface area contributed by atoms with Crippen molar-refractivity contribution >= 4 is 0 Å². The largest absolute Gasteiger partial charge is 0.392 e. The first-order chi connectivity index (χ1) is 5.84. The van der Waals surface area contributed by atoms with E-state index in [2.05, 4.69) is 11.2 Å². The summed E-state index contributed by atoms with van der Waals surface area (Å²) < 4.78 is 0. The molecule has 1 saturated carbocycles. The van der Waals surface area contributed by atoms with Crippen LogP contribution in [-0.4, -0.2) is 24.3 Å². The third kappa shape index (κ3) is 3.75. The van der Waals surface area contributed by atoms with Crippen LogP contribution in [0, 0.1) is 18.3 Å². The monoisotopic (exact) mass is 167 g/mol. The molecular formula is C10H17NO. The zero-order valence-electron chi connectivity index (χ0n) is 7.42. The van der Waals surface area contributed by atoms with Gasteiger partial charge >= 0.3 is 0 Å². The fourth-order valence-corrected chi connectivity index (χ4v) is 1.21. The van der Waals surface area contributed by atoms with Gasteiger partial charge in [0.25, 0.3) is 0 Å². The summed E-state index contributed by atoms with van der Waals surface area (Å²) in [5, 5.41) is 12.6. The minimum Gasteiger partial charge on any atom is -0.392 e. The number of hydrogen-bond donors (Lipinski definition) is 2. The van der Waals surface area contributed by atoms with Crippen LogP contribution < -0.4 is 5.32 Å². The summed E-state index contributed by atoms with van der Waals surface area (Å²) in [6, 6.07) is 0. The van der Waals surface area contributed by atoms with Gasteiger partial charge in [-0.05, 0) is 31.7 Å². The van der Waals surface area contributed by atoms with Crippen LogP contribution in [0.2, 0.25) is 0 Å². The molecule has 2 N–H and O–H groups in total. The lowest BCUT2D eigenvalue weighted by Gasteiger charge is -2.09. The van der Waals surface area contributed by atoms with Gasteiger partial charge in [0.05, 0.1) is 6.10 Å². The summed E-state index contributed by atoms with van der Waals surface area (Å²) in [6.45, 7) is 1.66. The molecule has 1 aliphatic rings. The molecule has 0 bridgehead atoms. The molecule has 1 rings (SSSR count). The lowest BCUT2D eigenvalue weighted by atomic mass is 10.2. The van der Waals surface area contributed by atoms with E-state index in [9.17, 15) is 5.11 Å². The summed E-state index contributed by atoms with van der Waals surface area (Å²) in [5.74, 6) is 3.16. The molecule has 1 aliphatic carbocycles. The molecule has 0 amide bonds. The van der Waals surface area contributed by atoms with Crippen LogP contribution in [0.15, 0.2) is 0 Å². The van der Waals surface area contributed by atoms with Crippen molar-refractivity contribution in [3.05, 3.63) is 0 Å². The van der Waals surface area contributed by atoms with Gasteiger partial charge in [0, 0.05) is 13.0 Å². The van der Waals surface area contributed by atoms with E-state index in [0.717, 1.165) is 25.9 Å². The van der Waals surface area contributed by atoms with Crippen LogP contribution in [0.25, 0.3) is 0 Å². The molecule has 0 aromatic heterocycles. The van der Waals surface area contributed by atoms with Crippen molar-refractivity contribution in [1.82, 2.24) is 5.32 Å². The van der Waals surface area contributed by atoms with Crippen molar-refractivity contribution in [3.63, 3.8) is 0 Å². The summed E-state index contributed by atoms with van der Waals surface area (Å²) in [5.41, 5.74) is 0. The Morgan fingerprint density at radius 3 is 2.92 bits per heavy atom. The second-order valence-electron chi connectivity index (χ2n) is 3.42. The molecule has 2 nitrogen and oxygen atoms in total. The smallest absolute Gasteiger partial charge is 0.0692 e. The topological polar surface area (TPSA) is 32.3 Å². The molecule has 0 spiro atoms. The number of hydrogen-bond acceptors (Lipinski definition) is 2. The fourth-order valence-electron chi connectivity index (χ4n) is 1.21. The predicted octanol–water partition coefficient (Wildman–Crippen LogP) is 0.760. The van der Waals surface area contributed by atoms with Gasteiger partial charge in [-0.3, -0.25) is 0 Å². The highest BCUT2D eigenvalue weighted by Crippen LogP contribution is 2.32. The minimum absolute atomic E-state index is 0.129. The van der Waals surface area contributed by atoms with Crippen LogP contribution in [0.4, 0.5) is 0 Å². The van der Waals surface area contributed by atoms with E-state index in [1.165, 1.54) is 12.8 Å². The van der Waals surface area contributed by atoms with Gasteiger partial charge in [-0.2, -0.15) is 0 Å². The van der Waals surface area contributed by atoms with Crippen molar-refractivity contribution in [2.45, 2.75) is 31.8 Å². The molecule has 1 fully saturated rings. The number of nitrogens with one attached hydrogen (secondary N) is 1. The van der Waals surface area contributed by atoms with Gasteiger partial charge in [0.2, 0.25) is 0 Å². The van der Waals surface area contributed by atoms with Crippen molar-refractivity contribution in [3.8, 4) is 12.3 Å². The molecule has 12 heavy (non-hydrogen) atoms. The average molecular weight is 167 g/mol. The Balaban J connectivity index is 1.85. The van der Waals surface area contributed by atoms with E-state index < -0.39 is 0 Å². The molecule has 0 saturated heterocycles. The number of unbranched alkanes of at least 4 members (excludes halogenated alkanes) is 1. The van der Waals surface area contributed by atoms with E-state index in [0.29, 0.717) is 5.92 Å². The van der Waals surface area contributed by atoms with E-state index in [-0.39, 0.29) is 6.10 Å². The first-order valence-corrected chi connectivity index (χ1v) is 4.67. The lowest BCUT2D eigenvalue weighted by molar-refractivity contribution is 0.149. The third-order valence-electron chi connectivity index (χ3n) is 2.19. The first kappa shape index (κ1) is 9.57. The number of rotatable bonds is 6. The minimum atomic E-state index is -0.129. The second-order valence-corrected chi connectivity index (χ2v) is 3.42. The first-order valence-electron chi connectivity index (χ1n) is 4.67. The molecule has 0 aromatic carbocycles. The normalized spacial score (nSPS) is 18.7. The zero-order valence-corrected chi connectivity index (χ0v) is 7.42. The maximum absolute atomic E-state index is 9.44. The fraction of sp³-hybridized carbons (Fsp3) is 0.800. The third-order valence-corrected chi connectivity index (χ3v) is 2.19. The molecule has 0 heterocycles. The van der Waals surface area contributed by atoms with E-state index in [1.807, 2.05) is 0 Å². The van der Waals surface area contributed by atoms with Gasteiger partial charge in [-0.25, -0.2) is 0 Å². The molecular weight excluding hydrogens is 150 g/mol. The Kier molecular flexibility index (Phi) is 4.13. The van der Waals surface area contributed by atoms with Gasteiger partial charge in [0.15, 0.2) is 0 Å². The molecule has 0 aliphatic heterocycles. The maximum atomic E-state index is 9.44. The number of terminal acetylenes is 1. The molecule has 68 valence electrons. The average Bonchev–Trinajstić information content (AvgIpc) is 2.86. The molecule has 0 aromatic rings. The lowest BCUT2D eigenvalue weighted by Crippen LogP contribution is -2.28. The highest BCUT2D eigenvalue weighted by Gasteiger charge is 2.28. The van der Waals surface area contributed by atoms with Crippen molar-refractivity contribution in [2.75, 3.05) is 13.1 Å². The Labute approximate surface area is 74.4 Å². The van der Waals surface area contributed by atoms with E-state index in [4.69, 9.17) is 6.42 Å². The Bertz CT molecular complexity index is 158. The molecule has 2 heteroatoms. The van der Waals surface area contributed by atoms with E-state index >= 15 is 0 Å². The second kappa shape index (κ2) is 5.18. The van der Waals surface area contributed by atoms with Crippen LogP contribution in [0.5, 0.6) is 0 Å². The Morgan fingerprint density at radius 2 is 2.33 bits per heavy atom. The number of aliphatic hydroxyl groups is 1. The highest BCUT2D eigenvalue weighted by atomic mass is 16.3. The van der Waals surface area contributed by atoms with Crippen LogP contribution in [0.1, 0.15) is 25.7 Å². The molecule has 1 atom stereocenters. The molecule has 0 radical (unpaired) electrons. The van der Waals surface area contributed by atoms with Gasteiger partial charge < -0.3 is 10.4 Å². The summed E-state index contributed by atoms with van der Waals surface area (Å²) >= 11 is 0. The van der Waals surface area contributed by atoms with E-state index in [1.54, 1.807) is 0 Å².